The molecule has 1 aliphatic carbocycles. The van der Waals surface area contributed by atoms with Crippen LogP contribution in [-0.4, -0.2) is 31.8 Å². The van der Waals surface area contributed by atoms with Gasteiger partial charge in [-0.2, -0.15) is 0 Å². The minimum atomic E-state index is -0.326. The zero-order chi connectivity index (χ0) is 25.0. The first-order valence-corrected chi connectivity index (χ1v) is 11.7. The van der Waals surface area contributed by atoms with Crippen LogP contribution >= 0.6 is 0 Å². The number of anilines is 2. The Bertz CT molecular complexity index is 1340. The molecule has 0 bridgehead atoms. The largest absolute Gasteiger partial charge is 0.494 e. The molecule has 0 unspecified atom stereocenters. The van der Waals surface area contributed by atoms with Gasteiger partial charge in [0.2, 0.25) is 0 Å². The van der Waals surface area contributed by atoms with Crippen LogP contribution in [0.3, 0.4) is 0 Å². The second kappa shape index (κ2) is 10.0. The molecule has 1 amide bonds. The van der Waals surface area contributed by atoms with Gasteiger partial charge in [0.15, 0.2) is 0 Å². The Morgan fingerprint density at radius 1 is 1.37 bits per heavy atom. The molecular formula is C28H28BN4O2. The molecule has 2 heterocycles. The van der Waals surface area contributed by atoms with Gasteiger partial charge in [-0.15, -0.1) is 0 Å². The summed E-state index contributed by atoms with van der Waals surface area (Å²) in [7, 11) is 3.26. The summed E-state index contributed by atoms with van der Waals surface area (Å²) in [6, 6.07) is 5.85. The van der Waals surface area contributed by atoms with Crippen LogP contribution in [0.25, 0.3) is 5.57 Å². The third-order valence-corrected chi connectivity index (χ3v) is 6.35. The Balaban J connectivity index is 1.85. The summed E-state index contributed by atoms with van der Waals surface area (Å²) >= 11 is 0. The Morgan fingerprint density at radius 3 is 2.83 bits per heavy atom. The quantitative estimate of drug-likeness (QED) is 0.306. The number of aromatic nitrogens is 1. The van der Waals surface area contributed by atoms with Gasteiger partial charge < -0.3 is 20.4 Å². The zero-order valence-corrected chi connectivity index (χ0v) is 20.3. The highest BCUT2D eigenvalue weighted by molar-refractivity contribution is 6.51. The number of nitrogens with zero attached hydrogens (tertiary/aromatic N) is 1. The van der Waals surface area contributed by atoms with Crippen LogP contribution < -0.4 is 15.4 Å². The third kappa shape index (κ3) is 4.77. The average Bonchev–Trinajstić information content (AvgIpc) is 3.51. The second-order valence-electron chi connectivity index (χ2n) is 8.71. The highest BCUT2D eigenvalue weighted by atomic mass is 16.5. The van der Waals surface area contributed by atoms with Gasteiger partial charge in [-0.05, 0) is 44.3 Å². The van der Waals surface area contributed by atoms with E-state index in [0.29, 0.717) is 30.0 Å². The molecule has 35 heavy (non-hydrogen) atoms. The Morgan fingerprint density at radius 2 is 2.17 bits per heavy atom. The predicted octanol–water partition coefficient (Wildman–Crippen LogP) is 5.02. The molecule has 0 atom stereocenters. The molecule has 2 aromatic rings. The maximum absolute atomic E-state index is 13.0. The van der Waals surface area contributed by atoms with Crippen molar-refractivity contribution in [3.8, 4) is 23.6 Å². The summed E-state index contributed by atoms with van der Waals surface area (Å²) < 4.78 is 5.65. The average molecular weight is 463 g/mol. The highest BCUT2D eigenvalue weighted by Crippen LogP contribution is 2.52. The number of aromatic amines is 1. The predicted molar refractivity (Wildman–Crippen MR) is 141 cm³/mol. The number of para-hydroxylation sites is 1. The summed E-state index contributed by atoms with van der Waals surface area (Å²) in [5.74, 6) is 9.31. The van der Waals surface area contributed by atoms with Crippen molar-refractivity contribution in [1.82, 2.24) is 10.3 Å². The van der Waals surface area contributed by atoms with E-state index < -0.39 is 0 Å². The van der Waals surface area contributed by atoms with Crippen molar-refractivity contribution in [2.45, 2.75) is 38.4 Å². The van der Waals surface area contributed by atoms with Crippen molar-refractivity contribution in [1.29, 1.82) is 5.26 Å². The molecule has 1 aromatic carbocycles. The molecule has 1 radical (unpaired) electrons. The number of ether oxygens (including phenoxy) is 1. The molecular weight excluding hydrogens is 435 g/mol. The van der Waals surface area contributed by atoms with Crippen molar-refractivity contribution in [2.75, 3.05) is 19.0 Å². The zero-order valence-electron chi connectivity index (χ0n) is 20.3. The number of hydrogen-bond donors (Lipinski definition) is 3. The summed E-state index contributed by atoms with van der Waals surface area (Å²) in [5, 5.41) is 15.2. The first-order chi connectivity index (χ1) is 17.0. The van der Waals surface area contributed by atoms with E-state index in [1.807, 2.05) is 44.2 Å². The molecule has 2 aliphatic rings. The van der Waals surface area contributed by atoms with Gasteiger partial charge in [-0.1, -0.05) is 48.8 Å². The Kier molecular flexibility index (Phi) is 6.89. The van der Waals surface area contributed by atoms with Crippen LogP contribution in [0.4, 0.5) is 11.4 Å². The van der Waals surface area contributed by atoms with E-state index in [4.69, 9.17) is 10.00 Å². The molecule has 4 rings (SSSR count). The SMILES string of the molecule is C=C/C=C(\C(C#CC1([B]C#N)CC1)=C/C)c1[nH]c2c(c1Nc1cccc(C)c1OC)C(=O)NCC2. The molecule has 3 N–H and O–H groups in total. The van der Waals surface area contributed by atoms with E-state index in [1.54, 1.807) is 20.5 Å². The number of H-pyrrole nitrogens is 1. The first kappa shape index (κ1) is 24.0. The fourth-order valence-electron chi connectivity index (χ4n) is 4.34. The molecule has 6 nitrogen and oxygen atoms in total. The van der Waals surface area contributed by atoms with E-state index in [1.165, 1.54) is 0 Å². The van der Waals surface area contributed by atoms with Gasteiger partial charge in [0.05, 0.1) is 29.7 Å². The number of benzene rings is 1. The van der Waals surface area contributed by atoms with E-state index in [-0.39, 0.29) is 11.2 Å². The number of carbonyl (C=O) groups excluding carboxylic acids is 1. The number of nitrogens with one attached hydrogen (secondary N) is 3. The van der Waals surface area contributed by atoms with Crippen molar-refractivity contribution in [3.63, 3.8) is 0 Å². The summed E-state index contributed by atoms with van der Waals surface area (Å²) in [4.78, 5) is 16.5. The monoisotopic (exact) mass is 463 g/mol. The fourth-order valence-corrected chi connectivity index (χ4v) is 4.34. The van der Waals surface area contributed by atoms with E-state index in [9.17, 15) is 4.79 Å². The Labute approximate surface area is 207 Å². The van der Waals surface area contributed by atoms with E-state index >= 15 is 0 Å². The van der Waals surface area contributed by atoms with Gasteiger partial charge in [-0.25, -0.2) is 5.26 Å². The van der Waals surface area contributed by atoms with Gasteiger partial charge in [0.25, 0.3) is 13.2 Å². The van der Waals surface area contributed by atoms with Crippen LogP contribution in [0.1, 0.15) is 47.1 Å². The number of amides is 1. The molecule has 1 fully saturated rings. The third-order valence-electron chi connectivity index (χ3n) is 6.35. The van der Waals surface area contributed by atoms with Gasteiger partial charge in [0.1, 0.15) is 5.75 Å². The lowest BCUT2D eigenvalue weighted by Gasteiger charge is -2.18. The topological polar surface area (TPSA) is 89.9 Å². The van der Waals surface area contributed by atoms with Crippen LogP contribution in [0.15, 0.2) is 48.6 Å². The van der Waals surface area contributed by atoms with Gasteiger partial charge in [-0.3, -0.25) is 4.79 Å². The number of aryl methyl sites for hydroxylation is 1. The number of allylic oxidation sites excluding steroid dienone is 5. The van der Waals surface area contributed by atoms with Crippen LogP contribution in [0, 0.1) is 30.0 Å². The van der Waals surface area contributed by atoms with Crippen molar-refractivity contribution in [3.05, 3.63) is 71.1 Å². The lowest BCUT2D eigenvalue weighted by Crippen LogP contribution is -2.31. The molecule has 1 aliphatic heterocycles. The minimum absolute atomic E-state index is 0.130. The highest BCUT2D eigenvalue weighted by Gasteiger charge is 2.42. The summed E-state index contributed by atoms with van der Waals surface area (Å²) in [6.45, 7) is 8.39. The van der Waals surface area contributed by atoms with Crippen LogP contribution in [-0.2, 0) is 6.42 Å². The Hall–Kier alpha value is -4.10. The maximum atomic E-state index is 13.0. The second-order valence-corrected chi connectivity index (χ2v) is 8.71. The first-order valence-electron chi connectivity index (χ1n) is 11.7. The fraction of sp³-hybridized carbons (Fsp3) is 0.286. The minimum Gasteiger partial charge on any atom is -0.494 e. The number of fused-ring (bicyclic) bond motifs is 1. The van der Waals surface area contributed by atoms with E-state index in [2.05, 4.69) is 40.0 Å². The molecule has 0 saturated heterocycles. The number of rotatable bonds is 7. The van der Waals surface area contributed by atoms with Crippen molar-refractivity contribution < 1.29 is 9.53 Å². The molecule has 0 spiro atoms. The lowest BCUT2D eigenvalue weighted by molar-refractivity contribution is 0.0947. The van der Waals surface area contributed by atoms with Crippen molar-refractivity contribution >= 4 is 30.1 Å². The smallest absolute Gasteiger partial charge is 0.275 e. The van der Waals surface area contributed by atoms with E-state index in [0.717, 1.165) is 46.6 Å². The van der Waals surface area contributed by atoms with Crippen molar-refractivity contribution in [2.24, 2.45) is 0 Å². The maximum Gasteiger partial charge on any atom is 0.275 e. The lowest BCUT2D eigenvalue weighted by atomic mass is 9.63. The number of nitriles is 1. The normalized spacial score (nSPS) is 16.1. The standard InChI is InChI=1S/C28H28BN4O2/c1-5-8-20(19(6-2)11-13-28(14-15-28)29-17-30)24-25(23-21(32-24)12-16-31-27(23)34)33-22-10-7-9-18(3)26(22)35-4/h5-10,32-33H,1,12,14-16H2,2-4H3,(H,31,34)/b19-6-,20-8+. The number of carbonyl (C=O) groups is 1. The van der Waals surface area contributed by atoms with Crippen LogP contribution in [0.2, 0.25) is 5.31 Å². The number of hydrogen-bond acceptors (Lipinski definition) is 4. The summed E-state index contributed by atoms with van der Waals surface area (Å²) in [5.41, 5.74) is 6.24. The molecule has 1 aromatic heterocycles. The van der Waals surface area contributed by atoms with Gasteiger partial charge in [0, 0.05) is 35.1 Å². The number of methoxy groups -OCH3 is 1. The molecule has 1 saturated carbocycles. The summed E-state index contributed by atoms with van der Waals surface area (Å²) in [6.07, 6.45) is 8.03. The molecule has 175 valence electrons. The molecule has 7 heteroatoms. The van der Waals surface area contributed by atoms with Gasteiger partial charge >= 0.3 is 0 Å². The van der Waals surface area contributed by atoms with Crippen LogP contribution in [0.5, 0.6) is 5.75 Å².